The molecule has 0 heterocycles. The first-order valence-electron chi connectivity index (χ1n) is 12.3. The van der Waals surface area contributed by atoms with Gasteiger partial charge in [0.15, 0.2) is 8.32 Å². The first-order chi connectivity index (χ1) is 13.4. The van der Waals surface area contributed by atoms with E-state index in [0.29, 0.717) is 23.5 Å². The summed E-state index contributed by atoms with van der Waals surface area (Å²) in [5.74, 6) is 2.18. The highest BCUT2D eigenvalue weighted by atomic mass is 28.4. The van der Waals surface area contributed by atoms with Gasteiger partial charge in [0, 0.05) is 23.8 Å². The molecule has 158 valence electrons. The minimum atomic E-state index is -2.01. The molecule has 6 atom stereocenters. The summed E-state index contributed by atoms with van der Waals surface area (Å²) < 4.78 is 16.2. The van der Waals surface area contributed by atoms with Gasteiger partial charge in [-0.1, -0.05) is 39.3 Å². The van der Waals surface area contributed by atoms with Gasteiger partial charge in [-0.15, -0.1) is 0 Å². The average Bonchev–Trinajstić information content (AvgIpc) is 2.95. The maximum absolute atomic E-state index is 12.7. The Morgan fingerprint density at radius 1 is 1.18 bits per heavy atom. The third-order valence-corrected chi connectivity index (χ3v) is 14.0. The van der Waals surface area contributed by atoms with Gasteiger partial charge in [-0.25, -0.2) is 0 Å². The number of carbonyl (C=O) groups excluding carboxylic acids is 1. The van der Waals surface area contributed by atoms with E-state index in [2.05, 4.69) is 46.9 Å². The van der Waals surface area contributed by atoms with Gasteiger partial charge >= 0.3 is 0 Å². The lowest BCUT2D eigenvalue weighted by Crippen LogP contribution is -2.54. The van der Waals surface area contributed by atoms with Gasteiger partial charge in [-0.2, -0.15) is 0 Å². The molecule has 0 N–H and O–H groups in total. The maximum Gasteiger partial charge on any atom is 0.192 e. The summed E-state index contributed by atoms with van der Waals surface area (Å²) in [6.07, 6.45) is 12.3. The van der Waals surface area contributed by atoms with Crippen LogP contribution < -0.4 is 0 Å². The Balaban J connectivity index is 1.70. The zero-order valence-corrected chi connectivity index (χ0v) is 20.1. The van der Waals surface area contributed by atoms with E-state index in [9.17, 15) is 6.17 Å². The smallest absolute Gasteiger partial charge is 0.192 e. The molecule has 4 aliphatic carbocycles. The third kappa shape index (κ3) is 3.02. The van der Waals surface area contributed by atoms with Crippen molar-refractivity contribution >= 4 is 14.1 Å². The number of carbonyl (C=O) groups is 1. The summed E-state index contributed by atoms with van der Waals surface area (Å²) in [5.41, 5.74) is 1.34. The van der Waals surface area contributed by atoms with Crippen molar-refractivity contribution in [1.82, 2.24) is 0 Å². The van der Waals surface area contributed by atoms with E-state index in [1.807, 2.05) is 0 Å². The second-order valence-corrected chi connectivity index (χ2v) is 16.7. The van der Waals surface area contributed by atoms with Crippen LogP contribution in [-0.2, 0) is 9.22 Å². The summed E-state index contributed by atoms with van der Waals surface area (Å²) in [6, 6.07) is 0. The van der Waals surface area contributed by atoms with Crippen LogP contribution in [0.3, 0.4) is 0 Å². The van der Waals surface area contributed by atoms with Gasteiger partial charge in [0.2, 0.25) is 0 Å². The molecule has 3 heteroatoms. The summed E-state index contributed by atoms with van der Waals surface area (Å²) >= 11 is 0. The molecule has 0 aromatic rings. The van der Waals surface area contributed by atoms with Crippen molar-refractivity contribution in [1.29, 1.82) is 0 Å². The molecular formula is C25H42O2Si. The van der Waals surface area contributed by atoms with Gasteiger partial charge in [-0.05, 0) is 87.3 Å². The van der Waals surface area contributed by atoms with Crippen LogP contribution in [0.25, 0.3) is 0 Å². The Morgan fingerprint density at radius 2 is 1.93 bits per heavy atom. The highest BCUT2D eigenvalue weighted by molar-refractivity contribution is 6.74. The molecule has 4 aliphatic rings. The Bertz CT molecular complexity index is 708. The van der Waals surface area contributed by atoms with E-state index in [4.69, 9.17) is 4.43 Å². The predicted molar refractivity (Wildman–Crippen MR) is 119 cm³/mol. The molecule has 0 aromatic carbocycles. The average molecular weight is 404 g/mol. The molecule has 0 radical (unpaired) electrons. The molecular weight excluding hydrogens is 360 g/mol. The lowest BCUT2D eigenvalue weighted by molar-refractivity contribution is -0.133. The minimum Gasteiger partial charge on any atom is -0.416 e. The topological polar surface area (TPSA) is 26.3 Å². The molecule has 0 aromatic heterocycles. The van der Waals surface area contributed by atoms with Crippen molar-refractivity contribution < 1.29 is 10.6 Å². The fourth-order valence-corrected chi connectivity index (χ4v) is 7.71. The quantitative estimate of drug-likeness (QED) is 0.378. The summed E-state index contributed by atoms with van der Waals surface area (Å²) in [5, 5.41) is 0.124. The number of allylic oxidation sites excluding steroid dienone is 1. The van der Waals surface area contributed by atoms with Crippen molar-refractivity contribution in [3.05, 3.63) is 11.6 Å². The van der Waals surface area contributed by atoms with Gasteiger partial charge in [-0.3, -0.25) is 4.79 Å². The summed E-state index contributed by atoms with van der Waals surface area (Å²) in [4.78, 5) is 12.7. The van der Waals surface area contributed by atoms with E-state index in [0.717, 1.165) is 38.5 Å². The van der Waals surface area contributed by atoms with Crippen molar-refractivity contribution in [3.63, 3.8) is 0 Å². The third-order valence-electron chi connectivity index (χ3n) is 9.71. The van der Waals surface area contributed by atoms with Crippen LogP contribution in [0.15, 0.2) is 11.6 Å². The Morgan fingerprint density at radius 3 is 2.64 bits per heavy atom. The molecule has 28 heavy (non-hydrogen) atoms. The zero-order valence-electron chi connectivity index (χ0n) is 20.1. The van der Waals surface area contributed by atoms with E-state index >= 15 is 0 Å². The molecule has 4 rings (SSSR count). The highest BCUT2D eigenvalue weighted by Gasteiger charge is 2.60. The predicted octanol–water partition coefficient (Wildman–Crippen LogP) is 6.91. The van der Waals surface area contributed by atoms with E-state index in [1.165, 1.54) is 24.8 Å². The lowest BCUT2D eigenvalue weighted by Gasteiger charge is -2.58. The fraction of sp³-hybridized carbons (Fsp3) is 0.880. The maximum atomic E-state index is 12.7. The Labute approximate surface area is 175 Å². The first-order valence-corrected chi connectivity index (χ1v) is 14.7. The van der Waals surface area contributed by atoms with Gasteiger partial charge in [0.05, 0.1) is 1.37 Å². The standard InChI is InChI=1S/C25H42O2Si/c1-23(2,3)28(5,6)27-17-25-15-8-7-9-18(25)10-11-19-20-12-13-22(26)24(20,4)16-14-21(19)25/h9,19-21H,7-8,10-17H2,1-6H3/t19-,20-,21-,24-,25+/m0/s1/i17D/t17-,19-,20-,21-,24-,25+. The second-order valence-electron chi connectivity index (χ2n) is 12.0. The first kappa shape index (κ1) is 19.5. The van der Waals surface area contributed by atoms with Gasteiger partial charge in [0.1, 0.15) is 5.78 Å². The van der Waals surface area contributed by atoms with Gasteiger partial charge in [0.25, 0.3) is 0 Å². The fourth-order valence-electron chi connectivity index (χ4n) is 6.85. The van der Waals surface area contributed by atoms with Crippen LogP contribution in [0.1, 0.15) is 86.9 Å². The van der Waals surface area contributed by atoms with Gasteiger partial charge < -0.3 is 4.43 Å². The van der Waals surface area contributed by atoms with E-state index < -0.39 is 14.9 Å². The number of rotatable bonds is 3. The zero-order chi connectivity index (χ0) is 21.2. The van der Waals surface area contributed by atoms with Crippen molar-refractivity contribution in [2.24, 2.45) is 28.6 Å². The van der Waals surface area contributed by atoms with E-state index in [-0.39, 0.29) is 15.9 Å². The molecule has 3 fully saturated rings. The Kier molecular flexibility index (Phi) is 4.75. The minimum absolute atomic E-state index is 0.0872. The van der Waals surface area contributed by atoms with Crippen molar-refractivity contribution in [3.8, 4) is 0 Å². The number of ketones is 1. The van der Waals surface area contributed by atoms with Crippen LogP contribution in [0.2, 0.25) is 18.1 Å². The highest BCUT2D eigenvalue weighted by Crippen LogP contribution is 2.65. The molecule has 0 aliphatic heterocycles. The molecule has 3 saturated carbocycles. The molecule has 0 saturated heterocycles. The molecule has 2 nitrogen and oxygen atoms in total. The number of hydrogen-bond donors (Lipinski definition) is 0. The molecule has 0 unspecified atom stereocenters. The van der Waals surface area contributed by atoms with Crippen LogP contribution in [-0.4, -0.2) is 20.7 Å². The second kappa shape index (κ2) is 6.80. The molecule has 0 bridgehead atoms. The van der Waals surface area contributed by atoms with Crippen LogP contribution in [0.5, 0.6) is 0 Å². The monoisotopic (exact) mass is 403 g/mol. The largest absolute Gasteiger partial charge is 0.416 e. The Hall–Kier alpha value is -0.413. The van der Waals surface area contributed by atoms with E-state index in [1.54, 1.807) is 0 Å². The lowest BCUT2D eigenvalue weighted by atomic mass is 9.47. The normalized spacial score (nSPS) is 42.8. The van der Waals surface area contributed by atoms with Crippen LogP contribution in [0.4, 0.5) is 0 Å². The number of fused-ring (bicyclic) bond motifs is 5. The summed E-state index contributed by atoms with van der Waals surface area (Å²) in [6.45, 7) is 13.2. The molecule has 0 spiro atoms. The van der Waals surface area contributed by atoms with Crippen molar-refractivity contribution in [2.45, 2.75) is 104 Å². The summed E-state index contributed by atoms with van der Waals surface area (Å²) in [7, 11) is -2.01. The van der Waals surface area contributed by atoms with Crippen molar-refractivity contribution in [2.75, 3.05) is 6.58 Å². The number of Topliss-reactive ketones (excluding diaryl/α,β-unsaturated/α-hetero) is 1. The van der Waals surface area contributed by atoms with Crippen LogP contribution >= 0.6 is 0 Å². The number of hydrogen-bond acceptors (Lipinski definition) is 2. The van der Waals surface area contributed by atoms with Crippen LogP contribution in [0, 0.1) is 28.6 Å². The molecule has 0 amide bonds. The SMILES string of the molecule is [2H][C@H](O[Si](C)(C)C(C)(C)C)[C@]12CCCC=C1CC[C@@H]1[C@@H]2CC[C@]2(C)C(=O)CC[C@@H]12.